The van der Waals surface area contributed by atoms with Crippen molar-refractivity contribution in [2.45, 2.75) is 31.3 Å². The molecule has 0 saturated carbocycles. The molecule has 0 spiro atoms. The number of carbonyl (C=O) groups is 1. The Bertz CT molecular complexity index is 839. The SMILES string of the molecule is CC(C)N(CCO)S(=O)(=O)c1ccc(NC(=O)NCc2cccnc2)cc1. The second kappa shape index (κ2) is 9.45. The number of hydrogen-bond acceptors (Lipinski definition) is 5. The Morgan fingerprint density at radius 3 is 2.48 bits per heavy atom. The smallest absolute Gasteiger partial charge is 0.319 e. The Hall–Kier alpha value is -2.49. The lowest BCUT2D eigenvalue weighted by Gasteiger charge is -2.25. The molecule has 0 aliphatic carbocycles. The standard InChI is InChI=1S/C18H24N4O4S/c1-14(2)22(10-11-23)27(25,26)17-7-5-16(6-8-17)21-18(24)20-13-15-4-3-9-19-12-15/h3-9,12,14,23H,10-11,13H2,1-2H3,(H2,20,21,24). The minimum Gasteiger partial charge on any atom is -0.395 e. The lowest BCUT2D eigenvalue weighted by atomic mass is 10.3. The van der Waals surface area contributed by atoms with Crippen molar-refractivity contribution in [2.75, 3.05) is 18.5 Å². The van der Waals surface area contributed by atoms with Crippen LogP contribution in [-0.2, 0) is 16.6 Å². The summed E-state index contributed by atoms with van der Waals surface area (Å²) in [6, 6.07) is 8.85. The first-order chi connectivity index (χ1) is 12.8. The number of amides is 2. The van der Waals surface area contributed by atoms with Gasteiger partial charge in [-0.3, -0.25) is 4.98 Å². The number of nitrogens with zero attached hydrogens (tertiary/aromatic N) is 2. The predicted octanol–water partition coefficient (Wildman–Crippen LogP) is 1.79. The minimum absolute atomic E-state index is 0.0246. The fourth-order valence-electron chi connectivity index (χ4n) is 2.46. The van der Waals surface area contributed by atoms with E-state index >= 15 is 0 Å². The van der Waals surface area contributed by atoms with Crippen LogP contribution in [0.15, 0.2) is 53.7 Å². The quantitative estimate of drug-likeness (QED) is 0.634. The second-order valence-corrected chi connectivity index (χ2v) is 8.02. The van der Waals surface area contributed by atoms with Gasteiger partial charge in [-0.2, -0.15) is 4.31 Å². The molecular weight excluding hydrogens is 368 g/mol. The van der Waals surface area contributed by atoms with Gasteiger partial charge in [-0.15, -0.1) is 0 Å². The van der Waals surface area contributed by atoms with Crippen LogP contribution in [0.3, 0.4) is 0 Å². The number of rotatable bonds is 8. The first kappa shape index (κ1) is 20.8. The molecule has 8 nitrogen and oxygen atoms in total. The Balaban J connectivity index is 2.00. The summed E-state index contributed by atoms with van der Waals surface area (Å²) in [6.07, 6.45) is 3.31. The summed E-state index contributed by atoms with van der Waals surface area (Å²) in [4.78, 5) is 16.0. The topological polar surface area (TPSA) is 112 Å². The number of anilines is 1. The van der Waals surface area contributed by atoms with E-state index in [0.717, 1.165) is 5.56 Å². The molecule has 146 valence electrons. The molecule has 0 aliphatic rings. The van der Waals surface area contributed by atoms with E-state index in [1.54, 1.807) is 32.3 Å². The summed E-state index contributed by atoms with van der Waals surface area (Å²) in [5.74, 6) is 0. The van der Waals surface area contributed by atoms with Crippen LogP contribution in [0.5, 0.6) is 0 Å². The third-order valence-corrected chi connectivity index (χ3v) is 5.88. The first-order valence-electron chi connectivity index (χ1n) is 8.51. The van der Waals surface area contributed by atoms with Crippen LogP contribution in [0.1, 0.15) is 19.4 Å². The highest BCUT2D eigenvalue weighted by atomic mass is 32.2. The molecule has 0 radical (unpaired) electrons. The highest BCUT2D eigenvalue weighted by molar-refractivity contribution is 7.89. The monoisotopic (exact) mass is 392 g/mol. The van der Waals surface area contributed by atoms with Gasteiger partial charge in [-0.25, -0.2) is 13.2 Å². The van der Waals surface area contributed by atoms with Gasteiger partial charge in [-0.1, -0.05) is 6.07 Å². The van der Waals surface area contributed by atoms with Crippen LogP contribution < -0.4 is 10.6 Å². The van der Waals surface area contributed by atoms with Crippen molar-refractivity contribution in [3.05, 3.63) is 54.4 Å². The number of sulfonamides is 1. The number of urea groups is 1. The molecule has 0 atom stereocenters. The maximum atomic E-state index is 12.7. The molecule has 0 unspecified atom stereocenters. The summed E-state index contributed by atoms with van der Waals surface area (Å²) >= 11 is 0. The molecule has 2 rings (SSSR count). The molecule has 2 amide bonds. The van der Waals surface area contributed by atoms with Crippen molar-refractivity contribution in [3.8, 4) is 0 Å². The molecule has 1 aromatic heterocycles. The van der Waals surface area contributed by atoms with Crippen LogP contribution in [0.25, 0.3) is 0 Å². The van der Waals surface area contributed by atoms with Gasteiger partial charge < -0.3 is 15.7 Å². The maximum Gasteiger partial charge on any atom is 0.319 e. The number of carbonyl (C=O) groups excluding carboxylic acids is 1. The molecular formula is C18H24N4O4S. The zero-order valence-electron chi connectivity index (χ0n) is 15.3. The van der Waals surface area contributed by atoms with E-state index in [4.69, 9.17) is 5.11 Å². The van der Waals surface area contributed by atoms with Crippen molar-refractivity contribution >= 4 is 21.7 Å². The molecule has 2 aromatic rings. The van der Waals surface area contributed by atoms with Crippen LogP contribution in [0.4, 0.5) is 10.5 Å². The van der Waals surface area contributed by atoms with Gasteiger partial charge in [0.15, 0.2) is 0 Å². The fourth-order valence-corrected chi connectivity index (χ4v) is 4.09. The van der Waals surface area contributed by atoms with Crippen LogP contribution in [0.2, 0.25) is 0 Å². The first-order valence-corrected chi connectivity index (χ1v) is 9.95. The summed E-state index contributed by atoms with van der Waals surface area (Å²) in [5.41, 5.74) is 1.34. The molecule has 0 bridgehead atoms. The third kappa shape index (κ3) is 5.75. The molecule has 0 aliphatic heterocycles. The molecule has 0 fully saturated rings. The van der Waals surface area contributed by atoms with Crippen LogP contribution in [0, 0.1) is 0 Å². The third-order valence-electron chi connectivity index (χ3n) is 3.79. The molecule has 9 heteroatoms. The van der Waals surface area contributed by atoms with E-state index < -0.39 is 16.1 Å². The van der Waals surface area contributed by atoms with Crippen molar-refractivity contribution < 1.29 is 18.3 Å². The second-order valence-electron chi connectivity index (χ2n) is 6.13. The molecule has 1 heterocycles. The average molecular weight is 392 g/mol. The van der Waals surface area contributed by atoms with Gasteiger partial charge >= 0.3 is 6.03 Å². The lowest BCUT2D eigenvalue weighted by Crippen LogP contribution is -2.38. The highest BCUT2D eigenvalue weighted by Crippen LogP contribution is 2.20. The normalized spacial score (nSPS) is 11.6. The summed E-state index contributed by atoms with van der Waals surface area (Å²) in [6.45, 7) is 3.59. The number of benzene rings is 1. The number of aliphatic hydroxyl groups excluding tert-OH is 1. The maximum absolute atomic E-state index is 12.7. The van der Waals surface area contributed by atoms with E-state index in [0.29, 0.717) is 12.2 Å². The van der Waals surface area contributed by atoms with E-state index in [-0.39, 0.29) is 24.1 Å². The number of nitrogens with one attached hydrogen (secondary N) is 2. The van der Waals surface area contributed by atoms with E-state index in [9.17, 15) is 13.2 Å². The van der Waals surface area contributed by atoms with Gasteiger partial charge in [0.05, 0.1) is 11.5 Å². The van der Waals surface area contributed by atoms with Crippen molar-refractivity contribution in [3.63, 3.8) is 0 Å². The number of pyridine rings is 1. The Kier molecular flexibility index (Phi) is 7.28. The fraction of sp³-hybridized carbons (Fsp3) is 0.333. The zero-order valence-corrected chi connectivity index (χ0v) is 16.1. The lowest BCUT2D eigenvalue weighted by molar-refractivity contribution is 0.236. The van der Waals surface area contributed by atoms with E-state index in [1.807, 2.05) is 6.07 Å². The molecule has 0 saturated heterocycles. The molecule has 27 heavy (non-hydrogen) atoms. The van der Waals surface area contributed by atoms with Crippen molar-refractivity contribution in [1.82, 2.24) is 14.6 Å². The summed E-state index contributed by atoms with van der Waals surface area (Å²) in [5, 5.41) is 14.5. The molecule has 3 N–H and O–H groups in total. The molecule has 1 aromatic carbocycles. The van der Waals surface area contributed by atoms with Crippen molar-refractivity contribution in [1.29, 1.82) is 0 Å². The predicted molar refractivity (Wildman–Crippen MR) is 103 cm³/mol. The van der Waals surface area contributed by atoms with Gasteiger partial charge in [0.2, 0.25) is 10.0 Å². The van der Waals surface area contributed by atoms with Crippen LogP contribution in [-0.4, -0.2) is 48.0 Å². The van der Waals surface area contributed by atoms with Gasteiger partial charge in [0, 0.05) is 37.2 Å². The highest BCUT2D eigenvalue weighted by Gasteiger charge is 2.26. The zero-order chi connectivity index (χ0) is 19.9. The van der Waals surface area contributed by atoms with Gasteiger partial charge in [-0.05, 0) is 49.7 Å². The summed E-state index contributed by atoms with van der Waals surface area (Å²) < 4.78 is 26.6. The Labute approximate surface area is 159 Å². The number of hydrogen-bond donors (Lipinski definition) is 3. The number of aliphatic hydroxyl groups is 1. The minimum atomic E-state index is -3.72. The van der Waals surface area contributed by atoms with E-state index in [1.165, 1.54) is 28.6 Å². The number of aromatic nitrogens is 1. The van der Waals surface area contributed by atoms with E-state index in [2.05, 4.69) is 15.6 Å². The van der Waals surface area contributed by atoms with Crippen LogP contribution >= 0.6 is 0 Å². The Morgan fingerprint density at radius 1 is 1.22 bits per heavy atom. The largest absolute Gasteiger partial charge is 0.395 e. The average Bonchev–Trinajstić information content (AvgIpc) is 2.65. The Morgan fingerprint density at radius 2 is 1.93 bits per heavy atom. The van der Waals surface area contributed by atoms with Gasteiger partial charge in [0.25, 0.3) is 0 Å². The summed E-state index contributed by atoms with van der Waals surface area (Å²) in [7, 11) is -3.72. The van der Waals surface area contributed by atoms with Crippen molar-refractivity contribution in [2.24, 2.45) is 0 Å². The van der Waals surface area contributed by atoms with Gasteiger partial charge in [0.1, 0.15) is 0 Å².